The Balaban J connectivity index is 2.16. The maximum Gasteiger partial charge on any atom is 0.337 e. The molecule has 0 fully saturated rings. The largest absolute Gasteiger partial charge is 0.465 e. The molecule has 2 N–H and O–H groups in total. The molecule has 154 valence electrons. The number of aryl methyl sites for hydroxylation is 2. The van der Waals surface area contributed by atoms with E-state index in [4.69, 9.17) is 0 Å². The van der Waals surface area contributed by atoms with Crippen LogP contribution in [0.3, 0.4) is 0 Å². The van der Waals surface area contributed by atoms with Gasteiger partial charge in [-0.1, -0.05) is 32.0 Å². The number of amides is 2. The van der Waals surface area contributed by atoms with Crippen LogP contribution >= 0.6 is 0 Å². The molecule has 0 aromatic heterocycles. The first-order valence-electron chi connectivity index (χ1n) is 9.66. The number of carbonyl (C=O) groups excluding carboxylic acids is 3. The molecule has 0 atom stereocenters. The average molecular weight is 396 g/mol. The number of para-hydroxylation sites is 1. The van der Waals surface area contributed by atoms with Crippen molar-refractivity contribution in [2.45, 2.75) is 40.5 Å². The molecule has 29 heavy (non-hydrogen) atoms. The van der Waals surface area contributed by atoms with Crippen molar-refractivity contribution in [2.75, 3.05) is 17.7 Å². The zero-order valence-corrected chi connectivity index (χ0v) is 17.6. The molecule has 6 heteroatoms. The van der Waals surface area contributed by atoms with E-state index in [2.05, 4.69) is 15.4 Å². The van der Waals surface area contributed by atoms with Gasteiger partial charge < -0.3 is 15.4 Å². The van der Waals surface area contributed by atoms with Crippen LogP contribution in [0, 0.1) is 5.41 Å². The van der Waals surface area contributed by atoms with E-state index in [1.807, 2.05) is 32.0 Å². The number of carbonyl (C=O) groups is 3. The molecule has 6 nitrogen and oxygen atoms in total. The lowest BCUT2D eigenvalue weighted by molar-refractivity contribution is -0.135. The van der Waals surface area contributed by atoms with Gasteiger partial charge >= 0.3 is 5.97 Å². The van der Waals surface area contributed by atoms with Crippen LogP contribution in [-0.4, -0.2) is 24.9 Å². The molecule has 0 spiro atoms. The molecular formula is C23H28N2O4. The predicted molar refractivity (Wildman–Crippen MR) is 114 cm³/mol. The van der Waals surface area contributed by atoms with Gasteiger partial charge in [0.1, 0.15) is 5.41 Å². The number of benzene rings is 2. The van der Waals surface area contributed by atoms with Crippen molar-refractivity contribution in [1.29, 1.82) is 0 Å². The fourth-order valence-electron chi connectivity index (χ4n) is 2.87. The van der Waals surface area contributed by atoms with Gasteiger partial charge in [0.25, 0.3) is 0 Å². The van der Waals surface area contributed by atoms with E-state index in [-0.39, 0.29) is 5.91 Å². The van der Waals surface area contributed by atoms with Crippen molar-refractivity contribution >= 4 is 29.2 Å². The van der Waals surface area contributed by atoms with Crippen LogP contribution in [0.2, 0.25) is 0 Å². The second-order valence-corrected chi connectivity index (χ2v) is 7.26. The SMILES string of the molecule is CCc1cccc(CC)c1NC(=O)C(C)(C)C(=O)Nc1ccc(C(=O)OC)cc1. The molecule has 0 aliphatic rings. The van der Waals surface area contributed by atoms with Crippen LogP contribution in [0.5, 0.6) is 0 Å². The highest BCUT2D eigenvalue weighted by Gasteiger charge is 2.36. The van der Waals surface area contributed by atoms with Crippen molar-refractivity contribution in [1.82, 2.24) is 0 Å². The summed E-state index contributed by atoms with van der Waals surface area (Å²) < 4.78 is 4.66. The first-order valence-corrected chi connectivity index (χ1v) is 9.66. The van der Waals surface area contributed by atoms with E-state index in [1.54, 1.807) is 38.1 Å². The van der Waals surface area contributed by atoms with Crippen molar-refractivity contribution in [3.05, 3.63) is 59.2 Å². The highest BCUT2D eigenvalue weighted by molar-refractivity contribution is 6.14. The van der Waals surface area contributed by atoms with Crippen LogP contribution in [0.25, 0.3) is 0 Å². The molecular weight excluding hydrogens is 368 g/mol. The normalized spacial score (nSPS) is 10.9. The van der Waals surface area contributed by atoms with Crippen LogP contribution in [0.4, 0.5) is 11.4 Å². The Bertz CT molecular complexity index is 879. The molecule has 2 amide bonds. The van der Waals surface area contributed by atoms with Gasteiger partial charge in [-0.25, -0.2) is 4.79 Å². The summed E-state index contributed by atoms with van der Waals surface area (Å²) in [6.45, 7) is 7.22. The van der Waals surface area contributed by atoms with Crippen molar-refractivity contribution in [3.8, 4) is 0 Å². The van der Waals surface area contributed by atoms with E-state index in [1.165, 1.54) is 7.11 Å². The Morgan fingerprint density at radius 1 is 0.862 bits per heavy atom. The molecule has 2 aromatic carbocycles. The summed E-state index contributed by atoms with van der Waals surface area (Å²) >= 11 is 0. The van der Waals surface area contributed by atoms with E-state index in [9.17, 15) is 14.4 Å². The summed E-state index contributed by atoms with van der Waals surface area (Å²) in [6, 6.07) is 12.2. The number of esters is 1. The van der Waals surface area contributed by atoms with Gasteiger partial charge in [0.2, 0.25) is 11.8 Å². The van der Waals surface area contributed by atoms with E-state index in [0.29, 0.717) is 11.3 Å². The van der Waals surface area contributed by atoms with Gasteiger partial charge in [-0.3, -0.25) is 9.59 Å². The van der Waals surface area contributed by atoms with Gasteiger partial charge in [0.15, 0.2) is 0 Å². The van der Waals surface area contributed by atoms with Crippen LogP contribution in [0.1, 0.15) is 49.2 Å². The predicted octanol–water partition coefficient (Wildman–Crippen LogP) is 4.20. The molecule has 2 aromatic rings. The molecule has 0 saturated carbocycles. The van der Waals surface area contributed by atoms with Gasteiger partial charge in [-0.15, -0.1) is 0 Å². The van der Waals surface area contributed by atoms with Crippen molar-refractivity contribution in [3.63, 3.8) is 0 Å². The number of hydrogen-bond donors (Lipinski definition) is 2. The van der Waals surface area contributed by atoms with Crippen LogP contribution in [0.15, 0.2) is 42.5 Å². The topological polar surface area (TPSA) is 84.5 Å². The Labute approximate surface area is 171 Å². The lowest BCUT2D eigenvalue weighted by Gasteiger charge is -2.24. The highest BCUT2D eigenvalue weighted by Crippen LogP contribution is 2.27. The number of ether oxygens (including phenoxy) is 1. The summed E-state index contributed by atoms with van der Waals surface area (Å²) in [6.07, 6.45) is 1.56. The molecule has 2 rings (SSSR count). The third-order valence-electron chi connectivity index (χ3n) is 4.94. The third kappa shape index (κ3) is 5.02. The lowest BCUT2D eigenvalue weighted by atomic mass is 9.90. The third-order valence-corrected chi connectivity index (χ3v) is 4.94. The average Bonchev–Trinajstić information content (AvgIpc) is 2.73. The summed E-state index contributed by atoms with van der Waals surface area (Å²) in [4.78, 5) is 37.2. The molecule has 0 heterocycles. The van der Waals surface area contributed by atoms with Crippen LogP contribution < -0.4 is 10.6 Å². The van der Waals surface area contributed by atoms with Gasteiger partial charge in [0.05, 0.1) is 12.7 Å². The molecule has 0 radical (unpaired) electrons. The first kappa shape index (κ1) is 22.1. The summed E-state index contributed by atoms with van der Waals surface area (Å²) in [7, 11) is 1.31. The summed E-state index contributed by atoms with van der Waals surface area (Å²) in [5.74, 6) is -1.27. The standard InChI is InChI=1S/C23H28N2O4/c1-6-15-9-8-10-16(7-2)19(15)25-22(28)23(3,4)21(27)24-18-13-11-17(12-14-18)20(26)29-5/h8-14H,6-7H2,1-5H3,(H,24,27)(H,25,28). The second-order valence-electron chi connectivity index (χ2n) is 7.26. The fraction of sp³-hybridized carbons (Fsp3) is 0.348. The Morgan fingerprint density at radius 3 is 1.86 bits per heavy atom. The Hall–Kier alpha value is -3.15. The van der Waals surface area contributed by atoms with E-state index < -0.39 is 17.3 Å². The number of hydrogen-bond acceptors (Lipinski definition) is 4. The fourth-order valence-corrected chi connectivity index (χ4v) is 2.87. The smallest absolute Gasteiger partial charge is 0.337 e. The minimum Gasteiger partial charge on any atom is -0.465 e. The van der Waals surface area contributed by atoms with Gasteiger partial charge in [-0.05, 0) is 62.1 Å². The second kappa shape index (κ2) is 9.37. The minimum absolute atomic E-state index is 0.378. The van der Waals surface area contributed by atoms with Crippen LogP contribution in [-0.2, 0) is 27.2 Å². The summed E-state index contributed by atoms with van der Waals surface area (Å²) in [5, 5.41) is 5.70. The monoisotopic (exact) mass is 396 g/mol. The lowest BCUT2D eigenvalue weighted by Crippen LogP contribution is -2.42. The number of anilines is 2. The van der Waals surface area contributed by atoms with E-state index in [0.717, 1.165) is 29.7 Å². The quantitative estimate of drug-likeness (QED) is 0.543. The number of nitrogens with one attached hydrogen (secondary N) is 2. The van der Waals surface area contributed by atoms with E-state index >= 15 is 0 Å². The maximum atomic E-state index is 13.0. The maximum absolute atomic E-state index is 13.0. The molecule has 0 aliphatic carbocycles. The zero-order chi connectivity index (χ0) is 21.6. The van der Waals surface area contributed by atoms with Gasteiger partial charge in [0, 0.05) is 11.4 Å². The first-order chi connectivity index (χ1) is 13.7. The summed E-state index contributed by atoms with van der Waals surface area (Å²) in [5.41, 5.74) is 2.43. The van der Waals surface area contributed by atoms with Crippen molar-refractivity contribution < 1.29 is 19.1 Å². The molecule has 0 saturated heterocycles. The number of rotatable bonds is 7. The number of methoxy groups -OCH3 is 1. The minimum atomic E-state index is -1.30. The van der Waals surface area contributed by atoms with Gasteiger partial charge in [-0.2, -0.15) is 0 Å². The van der Waals surface area contributed by atoms with Crippen molar-refractivity contribution in [2.24, 2.45) is 5.41 Å². The Kier molecular flexibility index (Phi) is 7.15. The molecule has 0 aliphatic heterocycles. The molecule has 0 unspecified atom stereocenters. The zero-order valence-electron chi connectivity index (χ0n) is 17.6. The Morgan fingerprint density at radius 2 is 1.38 bits per heavy atom. The highest BCUT2D eigenvalue weighted by atomic mass is 16.5. The molecule has 0 bridgehead atoms.